The Morgan fingerprint density at radius 2 is 1.89 bits per heavy atom. The van der Waals surface area contributed by atoms with Crippen LogP contribution in [0.4, 0.5) is 0 Å². The van der Waals surface area contributed by atoms with Crippen molar-refractivity contribution in [2.75, 3.05) is 20.7 Å². The quantitative estimate of drug-likeness (QED) is 0.767. The third-order valence-corrected chi connectivity index (χ3v) is 4.84. The zero-order valence-corrected chi connectivity index (χ0v) is 15.3. The lowest BCUT2D eigenvalue weighted by Gasteiger charge is -2.28. The number of pyridine rings is 1. The molecule has 0 spiro atoms. The zero-order chi connectivity index (χ0) is 19.0. The summed E-state index contributed by atoms with van der Waals surface area (Å²) in [5.41, 5.74) is 4.65. The summed E-state index contributed by atoms with van der Waals surface area (Å²) >= 11 is 0. The van der Waals surface area contributed by atoms with Crippen LogP contribution in [0.15, 0.2) is 48.5 Å². The van der Waals surface area contributed by atoms with Crippen molar-refractivity contribution in [3.05, 3.63) is 70.9 Å². The number of methoxy groups -OCH3 is 1. The molecule has 27 heavy (non-hydrogen) atoms. The molecule has 0 amide bonds. The van der Waals surface area contributed by atoms with E-state index >= 15 is 0 Å². The van der Waals surface area contributed by atoms with Crippen LogP contribution in [0.5, 0.6) is 5.75 Å². The molecule has 0 radical (unpaired) electrons. The Kier molecular flexibility index (Phi) is 4.38. The van der Waals surface area contributed by atoms with Crippen molar-refractivity contribution in [1.82, 2.24) is 9.88 Å². The molecule has 5 nitrogen and oxygen atoms in total. The Labute approximate surface area is 157 Å². The number of rotatable bonds is 3. The van der Waals surface area contributed by atoms with Crippen LogP contribution < -0.4 is 4.74 Å². The van der Waals surface area contributed by atoms with E-state index in [1.807, 2.05) is 55.6 Å². The van der Waals surface area contributed by atoms with Crippen molar-refractivity contribution in [2.45, 2.75) is 6.54 Å². The topological polar surface area (TPSA) is 62.7 Å². The minimum absolute atomic E-state index is 0.350. The van der Waals surface area contributed by atoms with Gasteiger partial charge in [-0.05, 0) is 42.5 Å². The Bertz CT molecular complexity index is 1060. The molecule has 1 aliphatic rings. The van der Waals surface area contributed by atoms with Crippen LogP contribution in [0.1, 0.15) is 27.2 Å². The van der Waals surface area contributed by atoms with Crippen LogP contribution in [0, 0.1) is 0 Å². The second-order valence-corrected chi connectivity index (χ2v) is 6.75. The van der Waals surface area contributed by atoms with Crippen LogP contribution in [0.2, 0.25) is 0 Å². The number of benzene rings is 2. The highest BCUT2D eigenvalue weighted by atomic mass is 16.5. The molecule has 0 atom stereocenters. The van der Waals surface area contributed by atoms with Crippen LogP contribution in [0.25, 0.3) is 22.6 Å². The Balaban J connectivity index is 1.93. The standard InChI is InChI=1S/C22H20N2O3/c1-24-12-15(11-14-7-9-16(27-2)10-8-14)21-18(13-24)20(22(25)26)17-5-3-4-6-19(17)23-21/h3-11H,12-13H2,1-2H3,(H,25,26)/b15-11+. The molecule has 136 valence electrons. The van der Waals surface area contributed by atoms with E-state index < -0.39 is 5.97 Å². The van der Waals surface area contributed by atoms with E-state index in [1.54, 1.807) is 7.11 Å². The second kappa shape index (κ2) is 6.85. The smallest absolute Gasteiger partial charge is 0.336 e. The predicted molar refractivity (Wildman–Crippen MR) is 106 cm³/mol. The highest BCUT2D eigenvalue weighted by Crippen LogP contribution is 2.33. The molecular weight excluding hydrogens is 340 g/mol. The highest BCUT2D eigenvalue weighted by Gasteiger charge is 2.26. The number of nitrogens with zero attached hydrogens (tertiary/aromatic N) is 2. The normalized spacial score (nSPS) is 15.7. The van der Waals surface area contributed by atoms with Crippen molar-refractivity contribution < 1.29 is 14.6 Å². The number of hydrogen-bond acceptors (Lipinski definition) is 4. The number of ether oxygens (including phenoxy) is 1. The highest BCUT2D eigenvalue weighted by molar-refractivity contribution is 6.05. The molecule has 0 aliphatic carbocycles. The number of aromatic nitrogens is 1. The number of carboxylic acid groups (broad SMARTS) is 1. The summed E-state index contributed by atoms with van der Waals surface area (Å²) in [5.74, 6) is -0.112. The molecule has 0 saturated carbocycles. The maximum absolute atomic E-state index is 12.0. The third-order valence-electron chi connectivity index (χ3n) is 4.84. The van der Waals surface area contributed by atoms with Crippen molar-refractivity contribution in [2.24, 2.45) is 0 Å². The van der Waals surface area contributed by atoms with Gasteiger partial charge in [-0.15, -0.1) is 0 Å². The first-order chi connectivity index (χ1) is 13.1. The molecule has 0 bridgehead atoms. The summed E-state index contributed by atoms with van der Waals surface area (Å²) in [7, 11) is 3.63. The molecule has 0 saturated heterocycles. The Morgan fingerprint density at radius 3 is 2.59 bits per heavy atom. The molecule has 0 unspecified atom stereocenters. The van der Waals surface area contributed by atoms with Gasteiger partial charge in [-0.2, -0.15) is 0 Å². The van der Waals surface area contributed by atoms with Gasteiger partial charge in [0.25, 0.3) is 0 Å². The average Bonchev–Trinajstić information content (AvgIpc) is 2.66. The van der Waals surface area contributed by atoms with Crippen LogP contribution in [0.3, 0.4) is 0 Å². The minimum Gasteiger partial charge on any atom is -0.497 e. The van der Waals surface area contributed by atoms with E-state index in [9.17, 15) is 9.90 Å². The summed E-state index contributed by atoms with van der Waals surface area (Å²) < 4.78 is 5.22. The molecule has 1 aromatic heterocycles. The largest absolute Gasteiger partial charge is 0.497 e. The number of aromatic carboxylic acids is 1. The molecule has 3 aromatic rings. The molecular formula is C22H20N2O3. The zero-order valence-electron chi connectivity index (χ0n) is 15.3. The summed E-state index contributed by atoms with van der Waals surface area (Å²) in [6.45, 7) is 1.28. The van der Waals surface area contributed by atoms with Gasteiger partial charge in [0.15, 0.2) is 0 Å². The van der Waals surface area contributed by atoms with Gasteiger partial charge in [0.1, 0.15) is 5.75 Å². The first kappa shape index (κ1) is 17.2. The Morgan fingerprint density at radius 1 is 1.15 bits per heavy atom. The maximum Gasteiger partial charge on any atom is 0.336 e. The number of likely N-dealkylation sites (N-methyl/N-ethyl adjacent to an activating group) is 1. The average molecular weight is 360 g/mol. The number of para-hydroxylation sites is 1. The third kappa shape index (κ3) is 3.17. The van der Waals surface area contributed by atoms with Gasteiger partial charge in [-0.25, -0.2) is 9.78 Å². The van der Waals surface area contributed by atoms with E-state index in [0.29, 0.717) is 29.6 Å². The van der Waals surface area contributed by atoms with Gasteiger partial charge in [-0.1, -0.05) is 30.3 Å². The van der Waals surface area contributed by atoms with Crippen molar-refractivity contribution >= 4 is 28.5 Å². The van der Waals surface area contributed by atoms with Crippen LogP contribution in [-0.4, -0.2) is 41.7 Å². The van der Waals surface area contributed by atoms with Crippen LogP contribution >= 0.6 is 0 Å². The molecule has 4 rings (SSSR count). The van der Waals surface area contributed by atoms with Gasteiger partial charge in [-0.3, -0.25) is 4.90 Å². The van der Waals surface area contributed by atoms with Gasteiger partial charge >= 0.3 is 5.97 Å². The fourth-order valence-corrected chi connectivity index (χ4v) is 3.62. The lowest BCUT2D eigenvalue weighted by molar-refractivity contribution is 0.0696. The molecule has 0 fully saturated rings. The lowest BCUT2D eigenvalue weighted by Crippen LogP contribution is -2.28. The summed E-state index contributed by atoms with van der Waals surface area (Å²) in [6.07, 6.45) is 2.07. The van der Waals surface area contributed by atoms with E-state index in [1.165, 1.54) is 0 Å². The summed E-state index contributed by atoms with van der Waals surface area (Å²) in [6, 6.07) is 15.2. The van der Waals surface area contributed by atoms with Gasteiger partial charge in [0.05, 0.1) is 23.9 Å². The number of carboxylic acids is 1. The van der Waals surface area contributed by atoms with E-state index in [-0.39, 0.29) is 0 Å². The lowest BCUT2D eigenvalue weighted by atomic mass is 9.92. The number of carbonyl (C=O) groups is 1. The monoisotopic (exact) mass is 360 g/mol. The van der Waals surface area contributed by atoms with E-state index in [2.05, 4.69) is 11.0 Å². The molecule has 1 aliphatic heterocycles. The fraction of sp³-hybridized carbons (Fsp3) is 0.182. The minimum atomic E-state index is -0.913. The van der Waals surface area contributed by atoms with Crippen molar-refractivity contribution in [1.29, 1.82) is 0 Å². The number of fused-ring (bicyclic) bond motifs is 2. The van der Waals surface area contributed by atoms with E-state index in [0.717, 1.165) is 28.1 Å². The molecule has 2 heterocycles. The van der Waals surface area contributed by atoms with Crippen molar-refractivity contribution in [3.8, 4) is 5.75 Å². The first-order valence-electron chi connectivity index (χ1n) is 8.75. The van der Waals surface area contributed by atoms with Gasteiger partial charge in [0, 0.05) is 24.0 Å². The molecule has 1 N–H and O–H groups in total. The van der Waals surface area contributed by atoms with Crippen molar-refractivity contribution in [3.63, 3.8) is 0 Å². The predicted octanol–water partition coefficient (Wildman–Crippen LogP) is 3.93. The fourth-order valence-electron chi connectivity index (χ4n) is 3.62. The van der Waals surface area contributed by atoms with Gasteiger partial charge in [0.2, 0.25) is 0 Å². The molecule has 2 aromatic carbocycles. The summed E-state index contributed by atoms with van der Waals surface area (Å²) in [4.78, 5) is 19.0. The Hall–Kier alpha value is -3.18. The SMILES string of the molecule is COc1ccc(/C=C2\CN(C)Cc3c2nc2ccccc2c3C(=O)O)cc1. The van der Waals surface area contributed by atoms with Crippen LogP contribution in [-0.2, 0) is 6.54 Å². The van der Waals surface area contributed by atoms with Gasteiger partial charge < -0.3 is 9.84 Å². The first-order valence-corrected chi connectivity index (χ1v) is 8.75. The summed E-state index contributed by atoms with van der Waals surface area (Å²) in [5, 5.41) is 10.6. The maximum atomic E-state index is 12.0. The number of hydrogen-bond donors (Lipinski definition) is 1. The molecule has 5 heteroatoms. The second-order valence-electron chi connectivity index (χ2n) is 6.75. The van der Waals surface area contributed by atoms with E-state index in [4.69, 9.17) is 9.72 Å².